The minimum absolute atomic E-state index is 0.288. The van der Waals surface area contributed by atoms with Crippen LogP contribution < -0.4 is 0 Å². The standard InChI is InChI=1S/C22H32.2C2H6/c1-6-9-10-18-12-11-17(7-2)19-15-21(5)16(4)13-14-22(21,8-3)20(18)19;2*1-2/h11-14,16H,6-10,15H2,1-5H3;2*1-2H3. The van der Waals surface area contributed by atoms with E-state index in [0.29, 0.717) is 11.3 Å². The van der Waals surface area contributed by atoms with Crippen LogP contribution in [-0.4, -0.2) is 0 Å². The van der Waals surface area contributed by atoms with Gasteiger partial charge >= 0.3 is 0 Å². The first-order valence-corrected chi connectivity index (χ1v) is 11.4. The molecule has 1 aromatic carbocycles. The Kier molecular flexibility index (Phi) is 8.64. The molecule has 26 heavy (non-hydrogen) atoms. The SMILES string of the molecule is CC.CC.CCCCc1ccc(CC)c2c1C1(CC)C=CC(C)C1(C)C2. The molecule has 3 atom stereocenters. The van der Waals surface area contributed by atoms with Crippen molar-refractivity contribution in [3.05, 3.63) is 46.5 Å². The molecule has 0 bridgehead atoms. The molecule has 0 saturated heterocycles. The van der Waals surface area contributed by atoms with E-state index in [0.717, 1.165) is 0 Å². The lowest BCUT2D eigenvalue weighted by Crippen LogP contribution is -2.39. The van der Waals surface area contributed by atoms with Gasteiger partial charge in [0.05, 0.1) is 0 Å². The molecule has 0 saturated carbocycles. The van der Waals surface area contributed by atoms with Crippen molar-refractivity contribution in [3.63, 3.8) is 0 Å². The van der Waals surface area contributed by atoms with Crippen molar-refractivity contribution in [3.8, 4) is 0 Å². The van der Waals surface area contributed by atoms with Crippen LogP contribution in [0, 0.1) is 11.3 Å². The van der Waals surface area contributed by atoms with Crippen molar-refractivity contribution in [1.82, 2.24) is 0 Å². The molecule has 3 rings (SSSR count). The van der Waals surface area contributed by atoms with Crippen LogP contribution in [0.4, 0.5) is 0 Å². The predicted molar refractivity (Wildman–Crippen MR) is 119 cm³/mol. The largest absolute Gasteiger partial charge is 0.0842 e. The third-order valence-corrected chi connectivity index (χ3v) is 6.92. The first-order chi connectivity index (χ1) is 12.5. The molecule has 0 heterocycles. The van der Waals surface area contributed by atoms with Crippen molar-refractivity contribution < 1.29 is 0 Å². The van der Waals surface area contributed by atoms with E-state index in [1.807, 2.05) is 27.7 Å². The van der Waals surface area contributed by atoms with Crippen LogP contribution in [0.3, 0.4) is 0 Å². The van der Waals surface area contributed by atoms with Crippen LogP contribution >= 0.6 is 0 Å². The van der Waals surface area contributed by atoms with E-state index in [1.54, 1.807) is 22.3 Å². The maximum atomic E-state index is 2.58. The lowest BCUT2D eigenvalue weighted by molar-refractivity contribution is 0.166. The van der Waals surface area contributed by atoms with Crippen LogP contribution in [0.25, 0.3) is 0 Å². The maximum absolute atomic E-state index is 2.58. The molecule has 2 aliphatic rings. The highest BCUT2D eigenvalue weighted by atomic mass is 14.6. The summed E-state index contributed by atoms with van der Waals surface area (Å²) in [6, 6.07) is 4.87. The van der Waals surface area contributed by atoms with E-state index in [9.17, 15) is 0 Å². The van der Waals surface area contributed by atoms with E-state index >= 15 is 0 Å². The van der Waals surface area contributed by atoms with Crippen molar-refractivity contribution in [2.45, 2.75) is 106 Å². The Labute approximate surface area is 164 Å². The molecule has 0 amide bonds. The normalized spacial score (nSPS) is 27.8. The lowest BCUT2D eigenvalue weighted by Gasteiger charge is -2.41. The Bertz CT molecular complexity index is 594. The summed E-state index contributed by atoms with van der Waals surface area (Å²) in [6.45, 7) is 20.0. The van der Waals surface area contributed by atoms with Crippen molar-refractivity contribution in [2.24, 2.45) is 11.3 Å². The molecule has 0 fully saturated rings. The average molecular weight is 357 g/mol. The lowest BCUT2D eigenvalue weighted by atomic mass is 9.61. The second kappa shape index (κ2) is 9.77. The molecule has 0 aromatic heterocycles. The van der Waals surface area contributed by atoms with Gasteiger partial charge in [-0.1, -0.05) is 93.0 Å². The molecule has 1 aromatic rings. The number of hydrogen-bond acceptors (Lipinski definition) is 0. The molecule has 0 heteroatoms. The molecule has 0 N–H and O–H groups in total. The zero-order chi connectivity index (χ0) is 20.0. The zero-order valence-corrected chi connectivity index (χ0v) is 19.1. The maximum Gasteiger partial charge on any atom is 0.0197 e. The molecule has 0 radical (unpaired) electrons. The van der Waals surface area contributed by atoms with E-state index < -0.39 is 0 Å². The molecular formula is C26H44. The van der Waals surface area contributed by atoms with Gasteiger partial charge in [-0.05, 0) is 65.7 Å². The van der Waals surface area contributed by atoms with Gasteiger partial charge < -0.3 is 0 Å². The van der Waals surface area contributed by atoms with E-state index in [1.165, 1.54) is 38.5 Å². The fourth-order valence-electron chi connectivity index (χ4n) is 5.27. The van der Waals surface area contributed by atoms with Gasteiger partial charge in [0.15, 0.2) is 0 Å². The Balaban J connectivity index is 0.000000791. The molecule has 0 nitrogen and oxygen atoms in total. The van der Waals surface area contributed by atoms with E-state index in [-0.39, 0.29) is 5.41 Å². The monoisotopic (exact) mass is 356 g/mol. The summed E-state index contributed by atoms with van der Waals surface area (Å²) in [5.74, 6) is 0.684. The van der Waals surface area contributed by atoms with Gasteiger partial charge in [0.1, 0.15) is 0 Å². The highest BCUT2D eigenvalue weighted by Gasteiger charge is 2.58. The van der Waals surface area contributed by atoms with Crippen molar-refractivity contribution in [1.29, 1.82) is 0 Å². The Morgan fingerprint density at radius 1 is 1.00 bits per heavy atom. The topological polar surface area (TPSA) is 0 Å². The predicted octanol–water partition coefficient (Wildman–Crippen LogP) is 8.06. The number of benzene rings is 1. The number of allylic oxidation sites excluding steroid dienone is 2. The number of fused-ring (bicyclic) bond motifs is 3. The van der Waals surface area contributed by atoms with Gasteiger partial charge in [-0.25, -0.2) is 0 Å². The van der Waals surface area contributed by atoms with Gasteiger partial charge in [-0.3, -0.25) is 0 Å². The second-order valence-electron chi connectivity index (χ2n) is 7.76. The Hall–Kier alpha value is -1.04. The third kappa shape index (κ3) is 3.41. The molecule has 0 spiro atoms. The van der Waals surface area contributed by atoms with Crippen LogP contribution in [0.15, 0.2) is 24.3 Å². The van der Waals surface area contributed by atoms with Crippen LogP contribution in [0.1, 0.15) is 104 Å². The van der Waals surface area contributed by atoms with Gasteiger partial charge in [0, 0.05) is 5.41 Å². The summed E-state index contributed by atoms with van der Waals surface area (Å²) in [5.41, 5.74) is 7.34. The number of unbranched alkanes of at least 4 members (excludes halogenated alkanes) is 1. The van der Waals surface area contributed by atoms with Gasteiger partial charge in [0.25, 0.3) is 0 Å². The summed E-state index contributed by atoms with van der Waals surface area (Å²) in [7, 11) is 0. The van der Waals surface area contributed by atoms with Crippen LogP contribution in [0.5, 0.6) is 0 Å². The highest BCUT2D eigenvalue weighted by molar-refractivity contribution is 5.57. The fraction of sp³-hybridized carbons (Fsp3) is 0.692. The number of rotatable bonds is 5. The highest BCUT2D eigenvalue weighted by Crippen LogP contribution is 2.63. The van der Waals surface area contributed by atoms with E-state index in [2.05, 4.69) is 58.9 Å². The Morgan fingerprint density at radius 3 is 2.15 bits per heavy atom. The first-order valence-electron chi connectivity index (χ1n) is 11.4. The molecule has 0 aliphatic heterocycles. The summed E-state index contributed by atoms with van der Waals surface area (Å²) < 4.78 is 0. The van der Waals surface area contributed by atoms with Crippen LogP contribution in [-0.2, 0) is 24.7 Å². The smallest absolute Gasteiger partial charge is 0.0197 e. The van der Waals surface area contributed by atoms with Gasteiger partial charge in [-0.15, -0.1) is 0 Å². The fourth-order valence-corrected chi connectivity index (χ4v) is 5.27. The zero-order valence-electron chi connectivity index (χ0n) is 19.1. The van der Waals surface area contributed by atoms with Gasteiger partial charge in [0.2, 0.25) is 0 Å². The molecule has 3 unspecified atom stereocenters. The van der Waals surface area contributed by atoms with Crippen molar-refractivity contribution >= 4 is 0 Å². The summed E-state index contributed by atoms with van der Waals surface area (Å²) in [5, 5.41) is 0. The number of aryl methyl sites for hydroxylation is 2. The van der Waals surface area contributed by atoms with Crippen LogP contribution in [0.2, 0.25) is 0 Å². The third-order valence-electron chi connectivity index (χ3n) is 6.92. The minimum atomic E-state index is 0.288. The quantitative estimate of drug-likeness (QED) is 0.468. The summed E-state index contributed by atoms with van der Waals surface area (Å²) in [4.78, 5) is 0. The molecule has 2 aliphatic carbocycles. The van der Waals surface area contributed by atoms with Crippen molar-refractivity contribution in [2.75, 3.05) is 0 Å². The molecular weight excluding hydrogens is 312 g/mol. The number of hydrogen-bond donors (Lipinski definition) is 0. The second-order valence-corrected chi connectivity index (χ2v) is 7.76. The Morgan fingerprint density at radius 2 is 1.62 bits per heavy atom. The van der Waals surface area contributed by atoms with E-state index in [4.69, 9.17) is 0 Å². The summed E-state index contributed by atoms with van der Waals surface area (Å²) >= 11 is 0. The average Bonchev–Trinajstić information content (AvgIpc) is 3.11. The van der Waals surface area contributed by atoms with Gasteiger partial charge in [-0.2, -0.15) is 0 Å². The minimum Gasteiger partial charge on any atom is -0.0842 e. The first kappa shape index (κ1) is 23.0. The summed E-state index contributed by atoms with van der Waals surface area (Å²) in [6.07, 6.45) is 12.6. The molecule has 148 valence electrons.